The van der Waals surface area contributed by atoms with Crippen LogP contribution in [-0.4, -0.2) is 44.3 Å². The van der Waals surface area contributed by atoms with Gasteiger partial charge in [-0.25, -0.2) is 4.79 Å². The second-order valence-electron chi connectivity index (χ2n) is 5.24. The van der Waals surface area contributed by atoms with Crippen LogP contribution in [0.5, 0.6) is 0 Å². The van der Waals surface area contributed by atoms with Gasteiger partial charge in [0.05, 0.1) is 11.3 Å². The van der Waals surface area contributed by atoms with Crippen molar-refractivity contribution >= 4 is 11.9 Å². The van der Waals surface area contributed by atoms with Gasteiger partial charge in [-0.1, -0.05) is 13.3 Å². The molecule has 1 saturated heterocycles. The summed E-state index contributed by atoms with van der Waals surface area (Å²) in [5.41, 5.74) is 1.19. The molecule has 1 atom stereocenters. The Morgan fingerprint density at radius 2 is 2.25 bits per heavy atom. The van der Waals surface area contributed by atoms with Crippen molar-refractivity contribution in [3.63, 3.8) is 0 Å². The van der Waals surface area contributed by atoms with Crippen molar-refractivity contribution in [2.24, 2.45) is 0 Å². The van der Waals surface area contributed by atoms with E-state index in [2.05, 4.69) is 12.0 Å². The van der Waals surface area contributed by atoms with Crippen LogP contribution in [0.15, 0.2) is 6.20 Å². The van der Waals surface area contributed by atoms with E-state index in [0.29, 0.717) is 24.2 Å². The molecule has 2 rings (SSSR count). The lowest BCUT2D eigenvalue weighted by Crippen LogP contribution is -2.40. The highest BCUT2D eigenvalue weighted by Crippen LogP contribution is 2.21. The number of likely N-dealkylation sites (tertiary alicyclic amines) is 1. The van der Waals surface area contributed by atoms with Gasteiger partial charge in [0.1, 0.15) is 6.04 Å². The number of aromatic nitrogens is 2. The lowest BCUT2D eigenvalue weighted by atomic mass is 10.2. The van der Waals surface area contributed by atoms with Crippen molar-refractivity contribution in [3.8, 4) is 0 Å². The predicted molar refractivity (Wildman–Crippen MR) is 73.6 cm³/mol. The quantitative estimate of drug-likeness (QED) is 0.889. The molecular weight excluding hydrogens is 258 g/mol. The average molecular weight is 279 g/mol. The number of amides is 1. The number of nitrogens with zero attached hydrogens (tertiary/aromatic N) is 3. The molecule has 2 heterocycles. The minimum Gasteiger partial charge on any atom is -0.480 e. The Hall–Kier alpha value is -1.85. The molecule has 6 nitrogen and oxygen atoms in total. The summed E-state index contributed by atoms with van der Waals surface area (Å²) < 4.78 is 1.78. The Kier molecular flexibility index (Phi) is 4.42. The molecule has 110 valence electrons. The number of carbonyl (C=O) groups is 2. The van der Waals surface area contributed by atoms with Gasteiger partial charge in [-0.2, -0.15) is 5.10 Å². The first-order valence-electron chi connectivity index (χ1n) is 7.12. The van der Waals surface area contributed by atoms with Crippen LogP contribution in [0, 0.1) is 6.92 Å². The van der Waals surface area contributed by atoms with Crippen LogP contribution in [0.1, 0.15) is 48.7 Å². The van der Waals surface area contributed by atoms with E-state index in [1.165, 1.54) is 4.90 Å². The Balaban J connectivity index is 2.16. The summed E-state index contributed by atoms with van der Waals surface area (Å²) in [5, 5.41) is 13.5. The van der Waals surface area contributed by atoms with Crippen molar-refractivity contribution in [3.05, 3.63) is 17.5 Å². The van der Waals surface area contributed by atoms with Crippen molar-refractivity contribution < 1.29 is 14.7 Å². The first kappa shape index (κ1) is 14.6. The zero-order valence-electron chi connectivity index (χ0n) is 12.0. The van der Waals surface area contributed by atoms with Gasteiger partial charge in [-0.3, -0.25) is 9.48 Å². The Morgan fingerprint density at radius 3 is 2.90 bits per heavy atom. The Morgan fingerprint density at radius 1 is 1.50 bits per heavy atom. The van der Waals surface area contributed by atoms with Crippen LogP contribution in [0.3, 0.4) is 0 Å². The molecule has 0 aromatic carbocycles. The fraction of sp³-hybridized carbons (Fsp3) is 0.643. The summed E-state index contributed by atoms with van der Waals surface area (Å²) >= 11 is 0. The van der Waals surface area contributed by atoms with Gasteiger partial charge in [-0.15, -0.1) is 0 Å². The fourth-order valence-corrected chi connectivity index (χ4v) is 2.58. The number of aliphatic carboxylic acids is 1. The topological polar surface area (TPSA) is 75.4 Å². The van der Waals surface area contributed by atoms with Crippen molar-refractivity contribution in [2.45, 2.75) is 52.1 Å². The molecule has 20 heavy (non-hydrogen) atoms. The predicted octanol–water partition coefficient (Wildman–Crippen LogP) is 1.68. The average Bonchev–Trinajstić information content (AvgIpc) is 3.02. The number of carbonyl (C=O) groups excluding carboxylic acids is 1. The van der Waals surface area contributed by atoms with Gasteiger partial charge < -0.3 is 10.0 Å². The van der Waals surface area contributed by atoms with Crippen LogP contribution in [-0.2, 0) is 11.3 Å². The fourth-order valence-electron chi connectivity index (χ4n) is 2.58. The van der Waals surface area contributed by atoms with Crippen molar-refractivity contribution in [1.29, 1.82) is 0 Å². The van der Waals surface area contributed by atoms with Crippen LogP contribution >= 0.6 is 0 Å². The Labute approximate surface area is 118 Å². The highest BCUT2D eigenvalue weighted by molar-refractivity contribution is 5.97. The molecule has 0 aliphatic carbocycles. The summed E-state index contributed by atoms with van der Waals surface area (Å²) in [6.45, 7) is 5.19. The van der Waals surface area contributed by atoms with Gasteiger partial charge in [0, 0.05) is 19.3 Å². The SMILES string of the molecule is CCCCn1cc(C(=O)N2CCCC2C(=O)O)c(C)n1. The van der Waals surface area contributed by atoms with E-state index < -0.39 is 12.0 Å². The molecule has 0 bridgehead atoms. The highest BCUT2D eigenvalue weighted by atomic mass is 16.4. The monoisotopic (exact) mass is 279 g/mol. The van der Waals surface area contributed by atoms with E-state index in [-0.39, 0.29) is 5.91 Å². The molecule has 1 unspecified atom stereocenters. The summed E-state index contributed by atoms with van der Waals surface area (Å²) in [5.74, 6) is -1.14. The van der Waals surface area contributed by atoms with Gasteiger partial charge >= 0.3 is 5.97 Å². The minimum atomic E-state index is -0.924. The molecule has 1 aromatic heterocycles. The summed E-state index contributed by atoms with van der Waals surface area (Å²) in [7, 11) is 0. The molecule has 1 aliphatic rings. The molecule has 6 heteroatoms. The molecule has 1 aliphatic heterocycles. The second kappa shape index (κ2) is 6.07. The lowest BCUT2D eigenvalue weighted by Gasteiger charge is -2.20. The maximum atomic E-state index is 12.5. The van der Waals surface area contributed by atoms with Gasteiger partial charge in [0.15, 0.2) is 0 Å². The van der Waals surface area contributed by atoms with E-state index >= 15 is 0 Å². The second-order valence-corrected chi connectivity index (χ2v) is 5.24. The van der Waals surface area contributed by atoms with Crippen molar-refractivity contribution in [2.75, 3.05) is 6.54 Å². The first-order valence-corrected chi connectivity index (χ1v) is 7.12. The minimum absolute atomic E-state index is 0.213. The number of rotatable bonds is 5. The molecular formula is C14H21N3O3. The van der Waals surface area contributed by atoms with Crippen LogP contribution in [0.2, 0.25) is 0 Å². The smallest absolute Gasteiger partial charge is 0.326 e. The third kappa shape index (κ3) is 2.84. The molecule has 0 spiro atoms. The Bertz CT molecular complexity index is 510. The zero-order valence-corrected chi connectivity index (χ0v) is 12.0. The maximum Gasteiger partial charge on any atom is 0.326 e. The number of unbranched alkanes of at least 4 members (excludes halogenated alkanes) is 1. The third-order valence-electron chi connectivity index (χ3n) is 3.72. The van der Waals surface area contributed by atoms with Crippen LogP contribution in [0.4, 0.5) is 0 Å². The largest absolute Gasteiger partial charge is 0.480 e. The molecule has 1 amide bonds. The number of carboxylic acids is 1. The van der Waals surface area contributed by atoms with Crippen LogP contribution < -0.4 is 0 Å². The first-order chi connectivity index (χ1) is 9.54. The van der Waals surface area contributed by atoms with Crippen LogP contribution in [0.25, 0.3) is 0 Å². The maximum absolute atomic E-state index is 12.5. The summed E-state index contributed by atoms with van der Waals surface area (Å²) in [4.78, 5) is 25.1. The number of hydrogen-bond acceptors (Lipinski definition) is 3. The van der Waals surface area contributed by atoms with Gasteiger partial charge in [0.25, 0.3) is 5.91 Å². The lowest BCUT2D eigenvalue weighted by molar-refractivity contribution is -0.141. The van der Waals surface area contributed by atoms with E-state index in [0.717, 1.165) is 25.8 Å². The highest BCUT2D eigenvalue weighted by Gasteiger charge is 2.35. The van der Waals surface area contributed by atoms with E-state index in [1.54, 1.807) is 17.8 Å². The van der Waals surface area contributed by atoms with E-state index in [4.69, 9.17) is 5.11 Å². The van der Waals surface area contributed by atoms with E-state index in [9.17, 15) is 9.59 Å². The normalized spacial score (nSPS) is 18.5. The third-order valence-corrected chi connectivity index (χ3v) is 3.72. The number of aryl methyl sites for hydroxylation is 2. The molecule has 1 N–H and O–H groups in total. The molecule has 1 aromatic rings. The van der Waals surface area contributed by atoms with Gasteiger partial charge in [-0.05, 0) is 26.2 Å². The zero-order chi connectivity index (χ0) is 14.7. The van der Waals surface area contributed by atoms with Gasteiger partial charge in [0.2, 0.25) is 0 Å². The summed E-state index contributed by atoms with van der Waals surface area (Å²) in [6, 6.07) is -0.694. The van der Waals surface area contributed by atoms with Crippen molar-refractivity contribution in [1.82, 2.24) is 14.7 Å². The standard InChI is InChI=1S/C14H21N3O3/c1-3-4-7-16-9-11(10(2)15-16)13(18)17-8-5-6-12(17)14(19)20/h9,12H,3-8H2,1-2H3,(H,19,20). The van der Waals surface area contributed by atoms with E-state index in [1.807, 2.05) is 0 Å². The number of hydrogen-bond donors (Lipinski definition) is 1. The molecule has 1 fully saturated rings. The molecule has 0 saturated carbocycles. The number of carboxylic acid groups (broad SMARTS) is 1. The molecule has 0 radical (unpaired) electrons. The summed E-state index contributed by atoms with van der Waals surface area (Å²) in [6.07, 6.45) is 5.09.